The monoisotopic (exact) mass is 275 g/mol. The molecule has 1 unspecified atom stereocenters. The Morgan fingerprint density at radius 2 is 2.11 bits per heavy atom. The quantitative estimate of drug-likeness (QED) is 0.815. The first-order chi connectivity index (χ1) is 8.85. The normalized spacial score (nSPS) is 25.6. The number of nitrogens with zero attached hydrogens (tertiary/aromatic N) is 1. The van der Waals surface area contributed by atoms with Crippen LogP contribution >= 0.6 is 0 Å². The van der Waals surface area contributed by atoms with Crippen LogP contribution in [0.3, 0.4) is 0 Å². The Hall–Kier alpha value is -0.850. The number of ether oxygens (including phenoxy) is 3. The zero-order chi connectivity index (χ0) is 14.5. The second kappa shape index (κ2) is 7.07. The Bertz CT molecular complexity index is 275. The smallest absolute Gasteiger partial charge is 0.410 e. The molecule has 0 spiro atoms. The molecule has 6 nitrogen and oxygen atoms in total. The predicted molar refractivity (Wildman–Crippen MR) is 70.0 cm³/mol. The van der Waals surface area contributed by atoms with Crippen LogP contribution in [0.25, 0.3) is 0 Å². The highest BCUT2D eigenvalue weighted by molar-refractivity contribution is 5.68. The van der Waals surface area contributed by atoms with E-state index in [0.717, 1.165) is 0 Å². The van der Waals surface area contributed by atoms with Gasteiger partial charge in [-0.2, -0.15) is 0 Å². The molecule has 1 saturated heterocycles. The van der Waals surface area contributed by atoms with E-state index in [1.165, 1.54) is 0 Å². The van der Waals surface area contributed by atoms with E-state index in [-0.39, 0.29) is 18.8 Å². The Labute approximate surface area is 114 Å². The van der Waals surface area contributed by atoms with Crippen LogP contribution in [0.15, 0.2) is 0 Å². The summed E-state index contributed by atoms with van der Waals surface area (Å²) in [6, 6.07) is 0. The lowest BCUT2D eigenvalue weighted by Crippen LogP contribution is -2.48. The number of hydrogen-bond acceptors (Lipinski definition) is 5. The van der Waals surface area contributed by atoms with Gasteiger partial charge in [0, 0.05) is 13.7 Å². The third kappa shape index (κ3) is 5.76. The lowest BCUT2D eigenvalue weighted by Gasteiger charge is -2.34. The molecule has 0 saturated carbocycles. The van der Waals surface area contributed by atoms with Crippen molar-refractivity contribution >= 4 is 6.09 Å². The van der Waals surface area contributed by atoms with Crippen molar-refractivity contribution < 1.29 is 24.1 Å². The van der Waals surface area contributed by atoms with E-state index in [2.05, 4.69) is 0 Å². The van der Waals surface area contributed by atoms with Gasteiger partial charge in [0.15, 0.2) is 0 Å². The van der Waals surface area contributed by atoms with Gasteiger partial charge < -0.3 is 24.2 Å². The van der Waals surface area contributed by atoms with Gasteiger partial charge in [0.25, 0.3) is 0 Å². The van der Waals surface area contributed by atoms with Gasteiger partial charge in [-0.25, -0.2) is 4.79 Å². The predicted octanol–water partition coefficient (Wildman–Crippen LogP) is 1.02. The van der Waals surface area contributed by atoms with Crippen molar-refractivity contribution in [3.05, 3.63) is 0 Å². The number of carbonyl (C=O) groups is 1. The lowest BCUT2D eigenvalue weighted by molar-refractivity contribution is -0.0614. The van der Waals surface area contributed by atoms with Crippen molar-refractivity contribution in [1.29, 1.82) is 0 Å². The lowest BCUT2D eigenvalue weighted by atomic mass is 10.2. The van der Waals surface area contributed by atoms with Crippen LogP contribution in [0.5, 0.6) is 0 Å². The molecule has 19 heavy (non-hydrogen) atoms. The number of amides is 1. The Morgan fingerprint density at radius 1 is 1.42 bits per heavy atom. The van der Waals surface area contributed by atoms with Gasteiger partial charge in [-0.05, 0) is 27.2 Å². The molecular formula is C13H25NO5. The summed E-state index contributed by atoms with van der Waals surface area (Å²) in [5.41, 5.74) is -0.544. The first-order valence-corrected chi connectivity index (χ1v) is 6.59. The van der Waals surface area contributed by atoms with Crippen molar-refractivity contribution in [3.63, 3.8) is 0 Å². The van der Waals surface area contributed by atoms with E-state index >= 15 is 0 Å². The summed E-state index contributed by atoms with van der Waals surface area (Å²) in [4.78, 5) is 13.7. The fourth-order valence-corrected chi connectivity index (χ4v) is 1.85. The standard InChI is InChI=1S/C13H25NO5/c1-13(2,3)19-12(16)14-7-10(17-4)5-6-18-11(8-14)9-15/h10-11,15H,5-9H2,1-4H3/t10?,11-/m0/s1. The molecule has 1 amide bonds. The van der Waals surface area contributed by atoms with Crippen molar-refractivity contribution in [2.24, 2.45) is 0 Å². The van der Waals surface area contributed by atoms with E-state index in [1.807, 2.05) is 20.8 Å². The highest BCUT2D eigenvalue weighted by atomic mass is 16.6. The molecule has 6 heteroatoms. The van der Waals surface area contributed by atoms with Crippen molar-refractivity contribution in [2.75, 3.05) is 33.4 Å². The van der Waals surface area contributed by atoms with E-state index in [4.69, 9.17) is 14.2 Å². The van der Waals surface area contributed by atoms with Crippen LogP contribution in [0.1, 0.15) is 27.2 Å². The summed E-state index contributed by atoms with van der Waals surface area (Å²) in [7, 11) is 1.61. The number of hydrogen-bond donors (Lipinski definition) is 1. The highest BCUT2D eigenvalue weighted by Gasteiger charge is 2.28. The summed E-state index contributed by atoms with van der Waals surface area (Å²) < 4.78 is 16.2. The van der Waals surface area contributed by atoms with E-state index in [0.29, 0.717) is 26.1 Å². The average Bonchev–Trinajstić information content (AvgIpc) is 2.26. The molecule has 0 radical (unpaired) electrons. The van der Waals surface area contributed by atoms with E-state index < -0.39 is 11.7 Å². The summed E-state index contributed by atoms with van der Waals surface area (Å²) in [5, 5.41) is 9.23. The Balaban J connectivity index is 2.70. The molecule has 1 heterocycles. The minimum Gasteiger partial charge on any atom is -0.444 e. The molecule has 0 aromatic carbocycles. The van der Waals surface area contributed by atoms with Gasteiger partial charge in [-0.1, -0.05) is 0 Å². The largest absolute Gasteiger partial charge is 0.444 e. The number of aliphatic hydroxyl groups is 1. The molecule has 1 fully saturated rings. The van der Waals surface area contributed by atoms with Crippen LogP contribution in [-0.2, 0) is 14.2 Å². The van der Waals surface area contributed by atoms with Crippen LogP contribution in [0.2, 0.25) is 0 Å². The zero-order valence-electron chi connectivity index (χ0n) is 12.2. The molecule has 1 N–H and O–H groups in total. The maximum atomic E-state index is 12.1. The summed E-state index contributed by atoms with van der Waals surface area (Å²) >= 11 is 0. The van der Waals surface area contributed by atoms with Crippen LogP contribution in [0, 0.1) is 0 Å². The van der Waals surface area contributed by atoms with Gasteiger partial charge in [0.2, 0.25) is 0 Å². The molecule has 0 bridgehead atoms. The first kappa shape index (κ1) is 16.2. The number of aliphatic hydroxyl groups excluding tert-OH is 1. The van der Waals surface area contributed by atoms with Gasteiger partial charge in [0.05, 0.1) is 31.9 Å². The molecule has 1 aliphatic rings. The first-order valence-electron chi connectivity index (χ1n) is 6.59. The van der Waals surface area contributed by atoms with Gasteiger partial charge in [-0.15, -0.1) is 0 Å². The Kier molecular flexibility index (Phi) is 6.03. The molecule has 1 aliphatic heterocycles. The summed E-state index contributed by atoms with van der Waals surface area (Å²) in [6.45, 7) is 6.63. The molecule has 0 aromatic rings. The highest BCUT2D eigenvalue weighted by Crippen LogP contribution is 2.14. The second-order valence-electron chi connectivity index (χ2n) is 5.71. The fourth-order valence-electron chi connectivity index (χ4n) is 1.85. The molecule has 0 aliphatic carbocycles. The third-order valence-electron chi connectivity index (χ3n) is 2.83. The topological polar surface area (TPSA) is 68.2 Å². The van der Waals surface area contributed by atoms with Crippen LogP contribution in [0.4, 0.5) is 4.79 Å². The molecule has 2 atom stereocenters. The SMILES string of the molecule is COC1CCO[C@H](CO)CN(C(=O)OC(C)(C)C)C1. The minimum absolute atomic E-state index is 0.0767. The molecular weight excluding hydrogens is 250 g/mol. The number of rotatable bonds is 2. The van der Waals surface area contributed by atoms with Gasteiger partial charge in [0.1, 0.15) is 5.60 Å². The average molecular weight is 275 g/mol. The summed E-state index contributed by atoms with van der Waals surface area (Å²) in [6.07, 6.45) is -0.164. The van der Waals surface area contributed by atoms with Crippen molar-refractivity contribution in [2.45, 2.75) is 45.0 Å². The fraction of sp³-hybridized carbons (Fsp3) is 0.923. The van der Waals surface area contributed by atoms with Crippen LogP contribution in [-0.4, -0.2) is 67.3 Å². The number of methoxy groups -OCH3 is 1. The molecule has 112 valence electrons. The van der Waals surface area contributed by atoms with Gasteiger partial charge >= 0.3 is 6.09 Å². The van der Waals surface area contributed by atoms with E-state index in [1.54, 1.807) is 12.0 Å². The third-order valence-corrected chi connectivity index (χ3v) is 2.83. The van der Waals surface area contributed by atoms with Crippen LogP contribution < -0.4 is 0 Å². The van der Waals surface area contributed by atoms with Crippen molar-refractivity contribution in [1.82, 2.24) is 4.90 Å². The van der Waals surface area contributed by atoms with Gasteiger partial charge in [-0.3, -0.25) is 0 Å². The zero-order valence-corrected chi connectivity index (χ0v) is 12.2. The number of carbonyl (C=O) groups excluding carboxylic acids is 1. The van der Waals surface area contributed by atoms with E-state index in [9.17, 15) is 9.90 Å². The van der Waals surface area contributed by atoms with Crippen molar-refractivity contribution in [3.8, 4) is 0 Å². The maximum absolute atomic E-state index is 12.1. The Morgan fingerprint density at radius 3 is 2.63 bits per heavy atom. The maximum Gasteiger partial charge on any atom is 0.410 e. The second-order valence-corrected chi connectivity index (χ2v) is 5.71. The minimum atomic E-state index is -0.544. The molecule has 0 aromatic heterocycles. The summed E-state index contributed by atoms with van der Waals surface area (Å²) in [5.74, 6) is 0. The molecule has 1 rings (SSSR count).